The van der Waals surface area contributed by atoms with Crippen molar-refractivity contribution in [2.45, 2.75) is 0 Å². The first-order valence-electron chi connectivity index (χ1n) is 3.25. The smallest absolute Gasteiger partial charge is 0.328 e. The number of hydrogen-bond acceptors (Lipinski definition) is 2. The zero-order valence-corrected chi connectivity index (χ0v) is 9.20. The molecule has 1 aromatic carbocycles. The molecule has 4 heteroatoms. The number of hydrogen-bond donors (Lipinski definition) is 2. The molecule has 4 N–H and O–H groups in total. The topological polar surface area (TPSA) is 72.3 Å². The SMILES string of the molecule is N.O=C(O)C=Cc1ccccc1.[Ge]. The minimum absolute atomic E-state index is 0. The molecule has 13 heavy (non-hydrogen) atoms. The second kappa shape index (κ2) is 7.58. The zero-order valence-electron chi connectivity index (χ0n) is 7.10. The second-order valence-electron chi connectivity index (χ2n) is 2.08. The van der Waals surface area contributed by atoms with E-state index in [1.807, 2.05) is 30.3 Å². The van der Waals surface area contributed by atoms with Gasteiger partial charge in [-0.05, 0) is 11.6 Å². The molecule has 0 amide bonds. The van der Waals surface area contributed by atoms with Crippen LogP contribution >= 0.6 is 0 Å². The van der Waals surface area contributed by atoms with Crippen LogP contribution in [0.4, 0.5) is 0 Å². The molecule has 0 saturated carbocycles. The van der Waals surface area contributed by atoms with Crippen molar-refractivity contribution in [2.75, 3.05) is 0 Å². The summed E-state index contributed by atoms with van der Waals surface area (Å²) in [5.74, 6) is -0.922. The van der Waals surface area contributed by atoms with Gasteiger partial charge in [0.15, 0.2) is 0 Å². The molecule has 3 nitrogen and oxygen atoms in total. The summed E-state index contributed by atoms with van der Waals surface area (Å²) < 4.78 is 0. The number of benzene rings is 1. The molecule has 0 heterocycles. The largest absolute Gasteiger partial charge is 0.478 e. The van der Waals surface area contributed by atoms with Crippen molar-refractivity contribution in [1.29, 1.82) is 0 Å². The van der Waals surface area contributed by atoms with Crippen LogP contribution in [0.25, 0.3) is 6.08 Å². The molecule has 0 aliphatic rings. The molecule has 4 radical (unpaired) electrons. The number of rotatable bonds is 2. The van der Waals surface area contributed by atoms with Gasteiger partial charge in [0.2, 0.25) is 0 Å². The van der Waals surface area contributed by atoms with Gasteiger partial charge in [-0.25, -0.2) is 4.79 Å². The van der Waals surface area contributed by atoms with Crippen molar-refractivity contribution in [3.63, 3.8) is 0 Å². The Morgan fingerprint density at radius 2 is 1.77 bits per heavy atom. The van der Waals surface area contributed by atoms with Crippen molar-refractivity contribution < 1.29 is 9.90 Å². The number of carboxylic acids is 1. The average molecular weight is 238 g/mol. The van der Waals surface area contributed by atoms with Gasteiger partial charge in [-0.1, -0.05) is 30.3 Å². The molecular formula is C9H11GeNO2. The summed E-state index contributed by atoms with van der Waals surface area (Å²) in [6.07, 6.45) is 2.68. The Morgan fingerprint density at radius 3 is 2.23 bits per heavy atom. The fraction of sp³-hybridized carbons (Fsp3) is 0. The third kappa shape index (κ3) is 6.13. The predicted octanol–water partition coefficient (Wildman–Crippen LogP) is 1.57. The first-order chi connectivity index (χ1) is 5.29. The van der Waals surface area contributed by atoms with Gasteiger partial charge in [-0.2, -0.15) is 0 Å². The van der Waals surface area contributed by atoms with E-state index in [1.165, 1.54) is 0 Å². The minimum Gasteiger partial charge on any atom is -0.478 e. The molecule has 0 saturated heterocycles. The van der Waals surface area contributed by atoms with Crippen molar-refractivity contribution in [3.8, 4) is 0 Å². The normalized spacial score (nSPS) is 8.62. The summed E-state index contributed by atoms with van der Waals surface area (Å²) in [6.45, 7) is 0. The summed E-state index contributed by atoms with van der Waals surface area (Å²) in [6, 6.07) is 9.31. The molecule has 0 aliphatic carbocycles. The van der Waals surface area contributed by atoms with Gasteiger partial charge < -0.3 is 11.3 Å². The molecule has 0 atom stereocenters. The van der Waals surface area contributed by atoms with E-state index in [0.29, 0.717) is 0 Å². The van der Waals surface area contributed by atoms with E-state index in [-0.39, 0.29) is 23.7 Å². The Labute approximate surface area is 88.0 Å². The van der Waals surface area contributed by atoms with Gasteiger partial charge in [0.1, 0.15) is 0 Å². The maximum absolute atomic E-state index is 10.1. The Bertz CT molecular complexity index is 272. The van der Waals surface area contributed by atoms with Crippen molar-refractivity contribution >= 4 is 29.6 Å². The van der Waals surface area contributed by atoms with Gasteiger partial charge >= 0.3 is 5.97 Å². The van der Waals surface area contributed by atoms with Crippen molar-refractivity contribution in [2.24, 2.45) is 0 Å². The van der Waals surface area contributed by atoms with Gasteiger partial charge in [0.25, 0.3) is 0 Å². The van der Waals surface area contributed by atoms with E-state index < -0.39 is 5.97 Å². The summed E-state index contributed by atoms with van der Waals surface area (Å²) >= 11 is 0. The van der Waals surface area contributed by atoms with Crippen LogP contribution in [0, 0.1) is 0 Å². The molecule has 68 valence electrons. The molecular weight excluding hydrogens is 227 g/mol. The first kappa shape index (κ1) is 14.5. The quantitative estimate of drug-likeness (QED) is 0.606. The summed E-state index contributed by atoms with van der Waals surface area (Å²) in [4.78, 5) is 10.1. The zero-order chi connectivity index (χ0) is 8.10. The van der Waals surface area contributed by atoms with E-state index in [1.54, 1.807) is 6.08 Å². The van der Waals surface area contributed by atoms with Crippen LogP contribution in [-0.2, 0) is 4.79 Å². The number of carboxylic acid groups (broad SMARTS) is 1. The molecule has 0 unspecified atom stereocenters. The van der Waals surface area contributed by atoms with E-state index in [2.05, 4.69) is 0 Å². The van der Waals surface area contributed by atoms with Crippen molar-refractivity contribution in [3.05, 3.63) is 42.0 Å². The Balaban J connectivity index is 0. The first-order valence-corrected chi connectivity index (χ1v) is 3.25. The summed E-state index contributed by atoms with van der Waals surface area (Å²) in [5.41, 5.74) is 0.898. The standard InChI is InChI=1S/C9H8O2.Ge.H3N/c10-9(11)7-6-8-4-2-1-3-5-8;;/h1-7H,(H,10,11);;1H3. The molecule has 0 spiro atoms. The molecule has 0 aliphatic heterocycles. The van der Waals surface area contributed by atoms with E-state index in [9.17, 15) is 4.79 Å². The van der Waals surface area contributed by atoms with Crippen LogP contribution < -0.4 is 6.15 Å². The molecule has 1 rings (SSSR count). The third-order valence-electron chi connectivity index (χ3n) is 1.22. The van der Waals surface area contributed by atoms with Crippen LogP contribution in [0.3, 0.4) is 0 Å². The molecule has 0 aromatic heterocycles. The average Bonchev–Trinajstić information content (AvgIpc) is 2.03. The van der Waals surface area contributed by atoms with Gasteiger partial charge in [0, 0.05) is 23.7 Å². The summed E-state index contributed by atoms with van der Waals surface area (Å²) in [5, 5.41) is 8.29. The number of carbonyl (C=O) groups is 1. The Kier molecular flexibility index (Phi) is 8.42. The molecule has 0 fully saturated rings. The van der Waals surface area contributed by atoms with E-state index >= 15 is 0 Å². The van der Waals surface area contributed by atoms with Gasteiger partial charge in [0.05, 0.1) is 0 Å². The van der Waals surface area contributed by atoms with Crippen molar-refractivity contribution in [1.82, 2.24) is 6.15 Å². The Hall–Kier alpha value is -1.07. The monoisotopic (exact) mass is 239 g/mol. The van der Waals surface area contributed by atoms with Crippen LogP contribution in [0.15, 0.2) is 36.4 Å². The van der Waals surface area contributed by atoms with Gasteiger partial charge in [-0.3, -0.25) is 0 Å². The van der Waals surface area contributed by atoms with Crippen LogP contribution in [0.5, 0.6) is 0 Å². The Morgan fingerprint density at radius 1 is 1.23 bits per heavy atom. The minimum atomic E-state index is -0.922. The van der Waals surface area contributed by atoms with Crippen LogP contribution in [0.2, 0.25) is 0 Å². The summed E-state index contributed by atoms with van der Waals surface area (Å²) in [7, 11) is 0. The molecule has 1 aromatic rings. The maximum Gasteiger partial charge on any atom is 0.328 e. The predicted molar refractivity (Wildman–Crippen MR) is 53.9 cm³/mol. The second-order valence-corrected chi connectivity index (χ2v) is 2.08. The van der Waals surface area contributed by atoms with E-state index in [0.717, 1.165) is 11.6 Å². The van der Waals surface area contributed by atoms with E-state index in [4.69, 9.17) is 5.11 Å². The third-order valence-corrected chi connectivity index (χ3v) is 1.22. The number of aliphatic carboxylic acids is 1. The van der Waals surface area contributed by atoms with Crippen LogP contribution in [-0.4, -0.2) is 28.7 Å². The molecule has 0 bridgehead atoms. The fourth-order valence-electron chi connectivity index (χ4n) is 0.732. The van der Waals surface area contributed by atoms with Crippen LogP contribution in [0.1, 0.15) is 5.56 Å². The maximum atomic E-state index is 10.1. The fourth-order valence-corrected chi connectivity index (χ4v) is 0.732. The van der Waals surface area contributed by atoms with Gasteiger partial charge in [-0.15, -0.1) is 0 Å².